The van der Waals surface area contributed by atoms with Gasteiger partial charge in [0.15, 0.2) is 5.96 Å². The number of benzene rings is 1. The van der Waals surface area contributed by atoms with Crippen LogP contribution in [0, 0.1) is 6.92 Å². The fraction of sp³-hybridized carbons (Fsp3) is 0.455. The second-order valence-electron chi connectivity index (χ2n) is 7.01. The molecule has 1 aromatic carbocycles. The monoisotopic (exact) mass is 545 g/mol. The largest absolute Gasteiger partial charge is 0.491 e. The second-order valence-corrected chi connectivity index (χ2v) is 7.01. The predicted octanol–water partition coefficient (Wildman–Crippen LogP) is 3.57. The number of halogens is 1. The van der Waals surface area contributed by atoms with E-state index in [1.54, 1.807) is 13.0 Å². The number of carbonyl (C=O) groups excluding carboxylic acids is 1. The van der Waals surface area contributed by atoms with Crippen LogP contribution in [-0.4, -0.2) is 43.3 Å². The summed E-state index contributed by atoms with van der Waals surface area (Å²) in [5.74, 6) is 1.84. The Morgan fingerprint density at radius 2 is 2.00 bits per heavy atom. The van der Waals surface area contributed by atoms with E-state index in [-0.39, 0.29) is 43.2 Å². The van der Waals surface area contributed by atoms with Gasteiger partial charge < -0.3 is 29.6 Å². The number of furan rings is 1. The summed E-state index contributed by atoms with van der Waals surface area (Å²) in [6.07, 6.45) is -0.672. The van der Waals surface area contributed by atoms with E-state index in [1.807, 2.05) is 45.0 Å². The van der Waals surface area contributed by atoms with E-state index in [4.69, 9.17) is 13.9 Å². The third-order valence-corrected chi connectivity index (χ3v) is 4.19. The number of aliphatic hydroxyl groups is 1. The molecule has 0 saturated carbocycles. The quantitative estimate of drug-likeness (QED) is 0.192. The second kappa shape index (κ2) is 13.2. The molecular weight excluding hydrogens is 513 g/mol. The van der Waals surface area contributed by atoms with Crippen molar-refractivity contribution in [2.45, 2.75) is 46.4 Å². The average Bonchev–Trinajstić information content (AvgIpc) is 3.09. The van der Waals surface area contributed by atoms with E-state index in [9.17, 15) is 9.90 Å². The minimum Gasteiger partial charge on any atom is -0.491 e. The maximum Gasteiger partial charge on any atom is 0.341 e. The molecule has 172 valence electrons. The Morgan fingerprint density at radius 1 is 1.26 bits per heavy atom. The van der Waals surface area contributed by atoms with Gasteiger partial charge in [-0.1, -0.05) is 12.1 Å². The van der Waals surface area contributed by atoms with Gasteiger partial charge in [0.25, 0.3) is 0 Å². The predicted molar refractivity (Wildman–Crippen MR) is 130 cm³/mol. The highest BCUT2D eigenvalue weighted by atomic mass is 127. The zero-order valence-corrected chi connectivity index (χ0v) is 20.9. The number of hydrogen-bond donors (Lipinski definition) is 3. The highest BCUT2D eigenvalue weighted by molar-refractivity contribution is 14.0. The highest BCUT2D eigenvalue weighted by Gasteiger charge is 2.15. The Morgan fingerprint density at radius 3 is 2.65 bits per heavy atom. The molecule has 0 aliphatic carbocycles. The van der Waals surface area contributed by atoms with Gasteiger partial charge in [-0.15, -0.1) is 24.0 Å². The number of methoxy groups -OCH3 is 1. The summed E-state index contributed by atoms with van der Waals surface area (Å²) in [5.41, 5.74) is 1.14. The van der Waals surface area contributed by atoms with Gasteiger partial charge in [0.1, 0.15) is 29.4 Å². The van der Waals surface area contributed by atoms with E-state index in [1.165, 1.54) is 7.11 Å². The van der Waals surface area contributed by atoms with Crippen LogP contribution in [0.25, 0.3) is 0 Å². The van der Waals surface area contributed by atoms with E-state index in [2.05, 4.69) is 15.6 Å². The molecule has 9 heteroatoms. The minimum absolute atomic E-state index is 0. The van der Waals surface area contributed by atoms with Crippen molar-refractivity contribution >= 4 is 35.9 Å². The number of nitrogens with zero attached hydrogens (tertiary/aromatic N) is 1. The van der Waals surface area contributed by atoms with Crippen LogP contribution in [0.15, 0.2) is 39.7 Å². The summed E-state index contributed by atoms with van der Waals surface area (Å²) < 4.78 is 16.0. The van der Waals surface area contributed by atoms with Crippen LogP contribution < -0.4 is 15.4 Å². The normalized spacial score (nSPS) is 12.2. The van der Waals surface area contributed by atoms with Crippen LogP contribution in [0.5, 0.6) is 5.75 Å². The molecule has 3 N–H and O–H groups in total. The molecule has 1 heterocycles. The first-order valence-corrected chi connectivity index (χ1v) is 9.98. The topological polar surface area (TPSA) is 105 Å². The lowest BCUT2D eigenvalue weighted by Gasteiger charge is -2.17. The molecule has 0 aliphatic heterocycles. The molecule has 1 aromatic heterocycles. The van der Waals surface area contributed by atoms with Crippen molar-refractivity contribution < 1.29 is 23.8 Å². The van der Waals surface area contributed by atoms with Crippen molar-refractivity contribution in [3.63, 3.8) is 0 Å². The molecule has 0 fully saturated rings. The van der Waals surface area contributed by atoms with Crippen LogP contribution in [0.4, 0.5) is 0 Å². The van der Waals surface area contributed by atoms with Crippen molar-refractivity contribution in [1.82, 2.24) is 10.6 Å². The summed E-state index contributed by atoms with van der Waals surface area (Å²) in [7, 11) is 1.33. The number of aryl methyl sites for hydroxylation is 1. The number of aliphatic hydroxyl groups excluding tert-OH is 1. The lowest BCUT2D eigenvalue weighted by molar-refractivity contribution is 0.0598. The molecule has 31 heavy (non-hydrogen) atoms. The summed E-state index contributed by atoms with van der Waals surface area (Å²) in [6.45, 7) is 8.73. The van der Waals surface area contributed by atoms with Gasteiger partial charge in [-0.2, -0.15) is 0 Å². The molecule has 1 unspecified atom stereocenters. The maximum absolute atomic E-state index is 11.7. The summed E-state index contributed by atoms with van der Waals surface area (Å²) >= 11 is 0. The number of aliphatic imine (C=N–C) groups is 1. The molecule has 1 atom stereocenters. The van der Waals surface area contributed by atoms with Crippen LogP contribution in [0.2, 0.25) is 0 Å². The summed E-state index contributed by atoms with van der Waals surface area (Å²) in [6, 6.07) is 9.03. The van der Waals surface area contributed by atoms with E-state index < -0.39 is 12.1 Å². The first-order chi connectivity index (χ1) is 14.3. The standard InChI is InChI=1S/C22H31N3O5.HI/c1-6-23-22(24-12-18-11-19(15(4)30-18)21(27)28-5)25-13-20(26)16-8-7-9-17(10-16)29-14(2)3;/h7-11,14,20,26H,6,12-13H2,1-5H3,(H2,23,24,25);1H. The molecule has 0 aliphatic rings. The Labute approximate surface area is 200 Å². The first kappa shape index (κ1) is 26.8. The van der Waals surface area contributed by atoms with E-state index >= 15 is 0 Å². The SMILES string of the molecule is CCNC(=NCc1cc(C(=O)OC)c(C)o1)NCC(O)c1cccc(OC(C)C)c1.I. The van der Waals surface area contributed by atoms with Crippen molar-refractivity contribution in [1.29, 1.82) is 0 Å². The average molecular weight is 545 g/mol. The zero-order chi connectivity index (χ0) is 22.1. The fourth-order valence-electron chi connectivity index (χ4n) is 2.81. The molecule has 2 aromatic rings. The highest BCUT2D eigenvalue weighted by Crippen LogP contribution is 2.20. The van der Waals surface area contributed by atoms with Crippen molar-refractivity contribution in [2.75, 3.05) is 20.2 Å². The van der Waals surface area contributed by atoms with Crippen LogP contribution in [-0.2, 0) is 11.3 Å². The zero-order valence-electron chi connectivity index (χ0n) is 18.6. The Balaban J connectivity index is 0.00000480. The van der Waals surface area contributed by atoms with Crippen LogP contribution in [0.1, 0.15) is 54.3 Å². The van der Waals surface area contributed by atoms with Gasteiger partial charge in [-0.05, 0) is 51.5 Å². The number of hydrogen-bond acceptors (Lipinski definition) is 6. The Bertz CT molecular complexity index is 867. The smallest absolute Gasteiger partial charge is 0.341 e. The number of nitrogens with one attached hydrogen (secondary N) is 2. The molecule has 0 spiro atoms. The summed E-state index contributed by atoms with van der Waals surface area (Å²) in [5, 5.41) is 16.8. The molecule has 0 saturated heterocycles. The Hall–Kier alpha value is -2.27. The number of esters is 1. The third-order valence-electron chi connectivity index (χ3n) is 4.19. The van der Waals surface area contributed by atoms with E-state index in [0.717, 1.165) is 11.3 Å². The maximum atomic E-state index is 11.7. The van der Waals surface area contributed by atoms with Crippen molar-refractivity contribution in [2.24, 2.45) is 4.99 Å². The minimum atomic E-state index is -0.735. The first-order valence-electron chi connectivity index (χ1n) is 9.98. The van der Waals surface area contributed by atoms with Gasteiger partial charge in [-0.25, -0.2) is 9.79 Å². The van der Waals surface area contributed by atoms with Crippen molar-refractivity contribution in [3.05, 3.63) is 53.0 Å². The number of carbonyl (C=O) groups is 1. The molecule has 0 bridgehead atoms. The molecule has 8 nitrogen and oxygen atoms in total. The number of rotatable bonds is 9. The number of guanidine groups is 1. The van der Waals surface area contributed by atoms with Crippen LogP contribution >= 0.6 is 24.0 Å². The third kappa shape index (κ3) is 8.41. The van der Waals surface area contributed by atoms with Gasteiger partial charge >= 0.3 is 5.97 Å². The van der Waals surface area contributed by atoms with Crippen LogP contribution in [0.3, 0.4) is 0 Å². The molecule has 0 amide bonds. The molecule has 2 rings (SSSR count). The van der Waals surface area contributed by atoms with Gasteiger partial charge in [0.2, 0.25) is 0 Å². The fourth-order valence-corrected chi connectivity index (χ4v) is 2.81. The summed E-state index contributed by atoms with van der Waals surface area (Å²) in [4.78, 5) is 16.2. The van der Waals surface area contributed by atoms with Crippen molar-refractivity contribution in [3.8, 4) is 5.75 Å². The van der Waals surface area contributed by atoms with Gasteiger partial charge in [-0.3, -0.25) is 0 Å². The number of ether oxygens (including phenoxy) is 2. The lowest BCUT2D eigenvalue weighted by Crippen LogP contribution is -2.39. The lowest BCUT2D eigenvalue weighted by atomic mass is 10.1. The molecular formula is C22H32IN3O5. The Kier molecular flexibility index (Phi) is 11.4. The molecule has 0 radical (unpaired) electrons. The van der Waals surface area contributed by atoms with Gasteiger partial charge in [0, 0.05) is 13.1 Å². The van der Waals surface area contributed by atoms with E-state index in [0.29, 0.717) is 29.6 Å². The van der Waals surface area contributed by atoms with Gasteiger partial charge in [0.05, 0.1) is 19.3 Å².